The molecule has 3 aliphatic rings. The number of likely N-dealkylation sites (tertiary alicyclic amines) is 1. The highest BCUT2D eigenvalue weighted by molar-refractivity contribution is 5.92. The molecule has 2 aromatic rings. The second-order valence-corrected chi connectivity index (χ2v) is 8.75. The molecule has 1 aliphatic heterocycles. The van der Waals surface area contributed by atoms with Gasteiger partial charge in [-0.1, -0.05) is 26.0 Å². The third kappa shape index (κ3) is 2.05. The first-order valence-corrected chi connectivity index (χ1v) is 9.48. The molecule has 0 spiro atoms. The van der Waals surface area contributed by atoms with Gasteiger partial charge >= 0.3 is 0 Å². The van der Waals surface area contributed by atoms with Crippen molar-refractivity contribution < 1.29 is 18.0 Å². The van der Waals surface area contributed by atoms with E-state index < -0.39 is 29.8 Å². The second-order valence-electron chi connectivity index (χ2n) is 8.75. The Hall–Kier alpha value is -2.44. The Morgan fingerprint density at radius 2 is 1.89 bits per heavy atom. The summed E-state index contributed by atoms with van der Waals surface area (Å²) in [5.74, 6) is -3.41. The Kier molecular flexibility index (Phi) is 3.36. The number of nitrogens with zero attached hydrogens (tertiary/aromatic N) is 3. The number of carbonyl (C=O) groups excluding carboxylic acids is 1. The molecular formula is C21H20F3N3O. The maximum Gasteiger partial charge on any atom is 0.282 e. The standard InChI is InChI=1S/C21H20F3N3O/c1-19(2)14-7-8-21(19,18(28)27-10-20(23,24)11-27)17-13(14)9-16(25-26-17)12-5-3-4-6-15(12)22/h3-6,9,14H,7-8,10-11H2,1-2H3. The zero-order valence-electron chi connectivity index (χ0n) is 15.7. The fourth-order valence-corrected chi connectivity index (χ4v) is 5.52. The Balaban J connectivity index is 1.61. The van der Waals surface area contributed by atoms with Gasteiger partial charge in [0.25, 0.3) is 5.92 Å². The van der Waals surface area contributed by atoms with Crippen molar-refractivity contribution in [2.24, 2.45) is 5.41 Å². The van der Waals surface area contributed by atoms with Crippen molar-refractivity contribution in [1.29, 1.82) is 0 Å². The van der Waals surface area contributed by atoms with Crippen LogP contribution in [0.5, 0.6) is 0 Å². The van der Waals surface area contributed by atoms with E-state index in [1.54, 1.807) is 18.2 Å². The zero-order chi connectivity index (χ0) is 19.9. The molecule has 2 heterocycles. The number of hydrogen-bond acceptors (Lipinski definition) is 3. The molecule has 0 radical (unpaired) electrons. The third-order valence-electron chi connectivity index (χ3n) is 7.03. The molecule has 1 amide bonds. The fourth-order valence-electron chi connectivity index (χ4n) is 5.52. The molecule has 0 N–H and O–H groups in total. The molecule has 2 aliphatic carbocycles. The number of aromatic nitrogens is 2. The molecule has 1 aromatic carbocycles. The number of rotatable bonds is 2. The Morgan fingerprint density at radius 3 is 2.57 bits per heavy atom. The zero-order valence-corrected chi connectivity index (χ0v) is 15.7. The molecule has 28 heavy (non-hydrogen) atoms. The summed E-state index contributed by atoms with van der Waals surface area (Å²) in [5.41, 5.74) is 0.864. The van der Waals surface area contributed by atoms with Crippen LogP contribution in [0.3, 0.4) is 0 Å². The van der Waals surface area contributed by atoms with Crippen molar-refractivity contribution in [2.75, 3.05) is 13.1 Å². The lowest BCUT2D eigenvalue weighted by molar-refractivity contribution is -0.174. The van der Waals surface area contributed by atoms with Crippen molar-refractivity contribution in [3.05, 3.63) is 47.4 Å². The number of fused-ring (bicyclic) bond motifs is 5. The van der Waals surface area contributed by atoms with Crippen molar-refractivity contribution in [2.45, 2.75) is 43.9 Å². The van der Waals surface area contributed by atoms with Crippen molar-refractivity contribution in [3.63, 3.8) is 0 Å². The molecule has 2 unspecified atom stereocenters. The van der Waals surface area contributed by atoms with Crippen LogP contribution >= 0.6 is 0 Å². The molecule has 2 atom stereocenters. The van der Waals surface area contributed by atoms with E-state index in [2.05, 4.69) is 10.2 Å². The van der Waals surface area contributed by atoms with Crippen LogP contribution in [0.2, 0.25) is 0 Å². The lowest BCUT2D eigenvalue weighted by Gasteiger charge is -2.46. The van der Waals surface area contributed by atoms with E-state index in [4.69, 9.17) is 0 Å². The molecule has 2 fully saturated rings. The van der Waals surface area contributed by atoms with Crippen LogP contribution in [-0.2, 0) is 10.2 Å². The topological polar surface area (TPSA) is 46.1 Å². The Bertz CT molecular complexity index is 998. The normalized spacial score (nSPS) is 28.8. The van der Waals surface area contributed by atoms with E-state index >= 15 is 0 Å². The first-order chi connectivity index (χ1) is 13.2. The van der Waals surface area contributed by atoms with Crippen molar-refractivity contribution in [3.8, 4) is 11.3 Å². The number of amides is 1. The molecule has 7 heteroatoms. The first-order valence-electron chi connectivity index (χ1n) is 9.48. The first kappa shape index (κ1) is 17.6. The summed E-state index contributed by atoms with van der Waals surface area (Å²) in [4.78, 5) is 14.6. The van der Waals surface area contributed by atoms with Crippen LogP contribution in [-0.4, -0.2) is 40.0 Å². The van der Waals surface area contributed by atoms with Gasteiger partial charge in [0.2, 0.25) is 5.91 Å². The summed E-state index contributed by atoms with van der Waals surface area (Å²) < 4.78 is 41.0. The van der Waals surface area contributed by atoms with Crippen LogP contribution in [0, 0.1) is 11.2 Å². The van der Waals surface area contributed by atoms with Crippen molar-refractivity contribution >= 4 is 5.91 Å². The number of halogens is 3. The molecule has 5 rings (SSSR count). The average molecular weight is 387 g/mol. The smallest absolute Gasteiger partial charge is 0.282 e. The largest absolute Gasteiger partial charge is 0.330 e. The van der Waals surface area contributed by atoms with Crippen LogP contribution in [0.25, 0.3) is 11.3 Å². The van der Waals surface area contributed by atoms with Crippen LogP contribution in [0.15, 0.2) is 30.3 Å². The highest BCUT2D eigenvalue weighted by Crippen LogP contribution is 2.68. The Labute approximate surface area is 160 Å². The number of carbonyl (C=O) groups is 1. The number of hydrogen-bond donors (Lipinski definition) is 0. The molecular weight excluding hydrogens is 367 g/mol. The quantitative estimate of drug-likeness (QED) is 0.785. The van der Waals surface area contributed by atoms with Crippen LogP contribution in [0.1, 0.15) is 43.9 Å². The summed E-state index contributed by atoms with van der Waals surface area (Å²) in [5, 5.41) is 8.59. The van der Waals surface area contributed by atoms with Gasteiger partial charge < -0.3 is 4.90 Å². The average Bonchev–Trinajstić information content (AvgIpc) is 3.01. The van der Waals surface area contributed by atoms with Crippen LogP contribution < -0.4 is 0 Å². The highest BCUT2D eigenvalue weighted by atomic mass is 19.3. The summed E-state index contributed by atoms with van der Waals surface area (Å²) in [6.07, 6.45) is 1.35. The van der Waals surface area contributed by atoms with Gasteiger partial charge in [0, 0.05) is 5.56 Å². The minimum Gasteiger partial charge on any atom is -0.330 e. The van der Waals surface area contributed by atoms with Crippen molar-refractivity contribution in [1.82, 2.24) is 15.1 Å². The predicted octanol–water partition coefficient (Wildman–Crippen LogP) is 3.92. The minimum atomic E-state index is -2.81. The lowest BCUT2D eigenvalue weighted by Crippen LogP contribution is -2.64. The summed E-state index contributed by atoms with van der Waals surface area (Å²) >= 11 is 0. The summed E-state index contributed by atoms with van der Waals surface area (Å²) in [6.45, 7) is 2.94. The van der Waals surface area contributed by atoms with E-state index in [1.165, 1.54) is 11.0 Å². The molecule has 1 aromatic heterocycles. The highest BCUT2D eigenvalue weighted by Gasteiger charge is 2.69. The molecule has 2 bridgehead atoms. The van der Waals surface area contributed by atoms with Gasteiger partial charge in [-0.05, 0) is 47.9 Å². The van der Waals surface area contributed by atoms with Gasteiger partial charge in [0.05, 0.1) is 29.9 Å². The van der Waals surface area contributed by atoms with Gasteiger partial charge in [-0.2, -0.15) is 10.2 Å². The fraction of sp³-hybridized carbons (Fsp3) is 0.476. The Morgan fingerprint density at radius 1 is 1.18 bits per heavy atom. The minimum absolute atomic E-state index is 0.0641. The van der Waals surface area contributed by atoms with Gasteiger partial charge in [-0.25, -0.2) is 13.2 Å². The second kappa shape index (κ2) is 5.33. The summed E-state index contributed by atoms with van der Waals surface area (Å²) in [7, 11) is 0. The monoisotopic (exact) mass is 387 g/mol. The van der Waals surface area contributed by atoms with Gasteiger partial charge in [0.1, 0.15) is 5.82 Å². The third-order valence-corrected chi connectivity index (χ3v) is 7.03. The lowest BCUT2D eigenvalue weighted by atomic mass is 9.67. The molecule has 146 valence electrons. The van der Waals surface area contributed by atoms with Gasteiger partial charge in [0.15, 0.2) is 0 Å². The van der Waals surface area contributed by atoms with E-state index in [9.17, 15) is 18.0 Å². The van der Waals surface area contributed by atoms with E-state index in [-0.39, 0.29) is 17.6 Å². The molecule has 1 saturated heterocycles. The van der Waals surface area contributed by atoms with E-state index in [1.807, 2.05) is 19.9 Å². The maximum atomic E-state index is 14.2. The number of alkyl halides is 2. The molecule has 4 nitrogen and oxygen atoms in total. The SMILES string of the molecule is CC1(C)C2CCC1(C(=O)N1CC(F)(F)C1)c1nnc(-c3ccccc3F)cc12. The number of benzene rings is 1. The van der Waals surface area contributed by atoms with E-state index in [0.717, 1.165) is 12.0 Å². The predicted molar refractivity (Wildman–Crippen MR) is 96.4 cm³/mol. The summed E-state index contributed by atoms with van der Waals surface area (Å²) in [6, 6.07) is 8.19. The van der Waals surface area contributed by atoms with E-state index in [0.29, 0.717) is 23.4 Å². The van der Waals surface area contributed by atoms with Gasteiger partial charge in [-0.15, -0.1) is 0 Å². The maximum absolute atomic E-state index is 14.2. The van der Waals surface area contributed by atoms with Crippen LogP contribution in [0.4, 0.5) is 13.2 Å². The molecule has 1 saturated carbocycles. The van der Waals surface area contributed by atoms with Gasteiger partial charge in [-0.3, -0.25) is 4.79 Å².